The van der Waals surface area contributed by atoms with Crippen molar-refractivity contribution in [2.75, 3.05) is 13.1 Å². The second-order valence-corrected chi connectivity index (χ2v) is 5.05. The Labute approximate surface area is 118 Å². The van der Waals surface area contributed by atoms with Crippen LogP contribution in [0.15, 0.2) is 30.3 Å². The minimum atomic E-state index is -3.06. The molecule has 0 aromatic heterocycles. The number of rotatable bonds is 7. The van der Waals surface area contributed by atoms with Gasteiger partial charge in [-0.2, -0.15) is 0 Å². The summed E-state index contributed by atoms with van der Waals surface area (Å²) >= 11 is 0. The van der Waals surface area contributed by atoms with Crippen LogP contribution in [-0.2, 0) is 4.79 Å². The lowest BCUT2D eigenvalue weighted by Gasteiger charge is -2.24. The van der Waals surface area contributed by atoms with E-state index < -0.39 is 24.9 Å². The average Bonchev–Trinajstić information content (AvgIpc) is 2.46. The highest BCUT2D eigenvalue weighted by Crippen LogP contribution is 2.27. The van der Waals surface area contributed by atoms with Gasteiger partial charge in [0.15, 0.2) is 0 Å². The summed E-state index contributed by atoms with van der Waals surface area (Å²) in [5.74, 6) is -3.79. The summed E-state index contributed by atoms with van der Waals surface area (Å²) in [7, 11) is 0. The summed E-state index contributed by atoms with van der Waals surface area (Å²) < 4.78 is 26.2. The minimum absolute atomic E-state index is 0.0731. The number of alkyl halides is 2. The Hall–Kier alpha value is -1.49. The van der Waals surface area contributed by atoms with Crippen LogP contribution in [0.5, 0.6) is 0 Å². The molecule has 0 saturated heterocycles. The molecule has 0 spiro atoms. The summed E-state index contributed by atoms with van der Waals surface area (Å²) in [6.07, 6.45) is 0.792. The monoisotopic (exact) mass is 284 g/mol. The molecular weight excluding hydrogens is 262 g/mol. The lowest BCUT2D eigenvalue weighted by Crippen LogP contribution is -2.43. The Morgan fingerprint density at radius 3 is 2.45 bits per heavy atom. The fourth-order valence-corrected chi connectivity index (χ4v) is 2.03. The molecule has 5 heteroatoms. The molecule has 20 heavy (non-hydrogen) atoms. The van der Waals surface area contributed by atoms with Gasteiger partial charge in [0, 0.05) is 0 Å². The molecule has 1 rings (SSSR count). The predicted octanol–water partition coefficient (Wildman–Crippen LogP) is 2.53. The standard InChI is InChI=1S/C15H22F2N2O/c1-3-11(2)13(12-7-5-4-6-8-12)14(20)19-10-15(16,17)9-18/h4-8,11,13H,3,9-10,18H2,1-2H3,(H,19,20). The molecule has 0 aliphatic carbocycles. The first-order chi connectivity index (χ1) is 9.41. The molecule has 1 aromatic rings. The predicted molar refractivity (Wildman–Crippen MR) is 75.6 cm³/mol. The lowest BCUT2D eigenvalue weighted by atomic mass is 9.85. The highest BCUT2D eigenvalue weighted by molar-refractivity contribution is 5.84. The Balaban J connectivity index is 2.82. The molecule has 0 radical (unpaired) electrons. The molecule has 112 valence electrons. The van der Waals surface area contributed by atoms with E-state index in [4.69, 9.17) is 5.73 Å². The number of carbonyl (C=O) groups excluding carboxylic acids is 1. The fourth-order valence-electron chi connectivity index (χ4n) is 2.03. The largest absolute Gasteiger partial charge is 0.349 e. The molecule has 2 atom stereocenters. The van der Waals surface area contributed by atoms with Gasteiger partial charge in [0.25, 0.3) is 5.92 Å². The third kappa shape index (κ3) is 4.56. The second-order valence-electron chi connectivity index (χ2n) is 5.05. The van der Waals surface area contributed by atoms with Crippen molar-refractivity contribution in [2.24, 2.45) is 11.7 Å². The Morgan fingerprint density at radius 2 is 1.95 bits per heavy atom. The Kier molecular flexibility index (Phi) is 6.07. The Morgan fingerprint density at radius 1 is 1.35 bits per heavy atom. The zero-order valence-corrected chi connectivity index (χ0v) is 11.9. The molecule has 0 heterocycles. The van der Waals surface area contributed by atoms with Gasteiger partial charge in [-0.15, -0.1) is 0 Å². The van der Waals surface area contributed by atoms with Crippen molar-refractivity contribution in [2.45, 2.75) is 32.1 Å². The number of nitrogens with two attached hydrogens (primary N) is 1. The quantitative estimate of drug-likeness (QED) is 0.808. The third-order valence-corrected chi connectivity index (χ3v) is 3.47. The van der Waals surface area contributed by atoms with Crippen LogP contribution < -0.4 is 11.1 Å². The van der Waals surface area contributed by atoms with Gasteiger partial charge in [-0.1, -0.05) is 50.6 Å². The van der Waals surface area contributed by atoms with Gasteiger partial charge >= 0.3 is 0 Å². The minimum Gasteiger partial charge on any atom is -0.349 e. The van der Waals surface area contributed by atoms with Crippen LogP contribution in [0.4, 0.5) is 8.78 Å². The van der Waals surface area contributed by atoms with Crippen LogP contribution in [0, 0.1) is 5.92 Å². The summed E-state index contributed by atoms with van der Waals surface area (Å²) in [6, 6.07) is 9.23. The maximum absolute atomic E-state index is 13.1. The van der Waals surface area contributed by atoms with Gasteiger partial charge in [0.05, 0.1) is 19.0 Å². The van der Waals surface area contributed by atoms with Crippen molar-refractivity contribution in [1.82, 2.24) is 5.32 Å². The summed E-state index contributed by atoms with van der Waals surface area (Å²) in [5.41, 5.74) is 5.81. The molecule has 3 N–H and O–H groups in total. The highest BCUT2D eigenvalue weighted by Gasteiger charge is 2.31. The van der Waals surface area contributed by atoms with E-state index in [9.17, 15) is 13.6 Å². The molecule has 1 amide bonds. The van der Waals surface area contributed by atoms with Crippen molar-refractivity contribution < 1.29 is 13.6 Å². The van der Waals surface area contributed by atoms with E-state index in [1.54, 1.807) is 0 Å². The van der Waals surface area contributed by atoms with Crippen molar-refractivity contribution in [3.63, 3.8) is 0 Å². The van der Waals surface area contributed by atoms with E-state index in [2.05, 4.69) is 5.32 Å². The van der Waals surface area contributed by atoms with Crippen molar-refractivity contribution >= 4 is 5.91 Å². The molecule has 0 fully saturated rings. The zero-order chi connectivity index (χ0) is 15.2. The zero-order valence-electron chi connectivity index (χ0n) is 11.9. The van der Waals surface area contributed by atoms with E-state index in [0.29, 0.717) is 0 Å². The lowest BCUT2D eigenvalue weighted by molar-refractivity contribution is -0.125. The van der Waals surface area contributed by atoms with Crippen LogP contribution in [0.3, 0.4) is 0 Å². The fraction of sp³-hybridized carbons (Fsp3) is 0.533. The molecule has 1 aromatic carbocycles. The SMILES string of the molecule is CCC(C)C(C(=O)NCC(F)(F)CN)c1ccccc1. The van der Waals surface area contributed by atoms with E-state index in [0.717, 1.165) is 12.0 Å². The summed E-state index contributed by atoms with van der Waals surface area (Å²) in [6.45, 7) is 2.43. The number of amides is 1. The summed E-state index contributed by atoms with van der Waals surface area (Å²) in [4.78, 5) is 12.2. The molecule has 0 aliphatic heterocycles. The van der Waals surface area contributed by atoms with Crippen LogP contribution in [0.1, 0.15) is 31.7 Å². The Bertz CT molecular complexity index is 423. The second kappa shape index (κ2) is 7.33. The highest BCUT2D eigenvalue weighted by atomic mass is 19.3. The number of halogens is 2. The number of carbonyl (C=O) groups is 1. The summed E-state index contributed by atoms with van der Waals surface area (Å²) in [5, 5.41) is 2.32. The maximum Gasteiger partial charge on any atom is 0.277 e. The smallest absolute Gasteiger partial charge is 0.277 e. The van der Waals surface area contributed by atoms with E-state index in [-0.39, 0.29) is 11.8 Å². The number of benzene rings is 1. The van der Waals surface area contributed by atoms with Crippen LogP contribution in [-0.4, -0.2) is 24.9 Å². The van der Waals surface area contributed by atoms with Gasteiger partial charge in [0.2, 0.25) is 5.91 Å². The average molecular weight is 284 g/mol. The first-order valence-electron chi connectivity index (χ1n) is 6.82. The number of hydrogen-bond acceptors (Lipinski definition) is 2. The third-order valence-electron chi connectivity index (χ3n) is 3.47. The van der Waals surface area contributed by atoms with Crippen molar-refractivity contribution in [3.8, 4) is 0 Å². The topological polar surface area (TPSA) is 55.1 Å². The van der Waals surface area contributed by atoms with Gasteiger partial charge in [-0.25, -0.2) is 8.78 Å². The normalized spacial score (nSPS) is 14.7. The molecule has 3 nitrogen and oxygen atoms in total. The first-order valence-corrected chi connectivity index (χ1v) is 6.82. The van der Waals surface area contributed by atoms with Crippen LogP contribution in [0.2, 0.25) is 0 Å². The molecule has 0 aliphatic rings. The van der Waals surface area contributed by atoms with Gasteiger partial charge in [-0.3, -0.25) is 4.79 Å². The van der Waals surface area contributed by atoms with Crippen molar-refractivity contribution in [3.05, 3.63) is 35.9 Å². The van der Waals surface area contributed by atoms with Gasteiger partial charge in [0.1, 0.15) is 0 Å². The van der Waals surface area contributed by atoms with E-state index in [1.165, 1.54) is 0 Å². The number of hydrogen-bond donors (Lipinski definition) is 2. The molecular formula is C15H22F2N2O. The molecule has 0 saturated carbocycles. The van der Waals surface area contributed by atoms with E-state index in [1.807, 2.05) is 44.2 Å². The van der Waals surface area contributed by atoms with Gasteiger partial charge < -0.3 is 11.1 Å². The van der Waals surface area contributed by atoms with Gasteiger partial charge in [-0.05, 0) is 11.5 Å². The maximum atomic E-state index is 13.1. The molecule has 0 bridgehead atoms. The number of nitrogens with one attached hydrogen (secondary N) is 1. The van der Waals surface area contributed by atoms with Crippen molar-refractivity contribution in [1.29, 1.82) is 0 Å². The van der Waals surface area contributed by atoms with E-state index >= 15 is 0 Å². The molecule has 2 unspecified atom stereocenters. The van der Waals surface area contributed by atoms with Crippen LogP contribution in [0.25, 0.3) is 0 Å². The first kappa shape index (κ1) is 16.6. The van der Waals surface area contributed by atoms with Crippen LogP contribution >= 0.6 is 0 Å².